The number of anilines is 2. The third-order valence-electron chi connectivity index (χ3n) is 4.65. The second-order valence-electron chi connectivity index (χ2n) is 6.96. The highest BCUT2D eigenvalue weighted by Gasteiger charge is 2.24. The standard InChI is InChI=1S/C22H27F2N5O2/c1-3-9-29(10-4-2)21-18(23)20(19(24)22(27-21)31-12-11-30)28-26-14-15-13-25-17-8-6-5-7-16(15)17/h5-8,13-14,25,30H,3-4,9-12H2,1-2H3,(H,27,28)/b26-14+. The number of pyridine rings is 1. The number of hydrazone groups is 1. The van der Waals surface area contributed by atoms with Crippen molar-refractivity contribution in [1.82, 2.24) is 9.97 Å². The highest BCUT2D eigenvalue weighted by Crippen LogP contribution is 2.33. The first kappa shape index (κ1) is 22.5. The van der Waals surface area contributed by atoms with Crippen molar-refractivity contribution in [2.75, 3.05) is 36.6 Å². The molecule has 166 valence electrons. The van der Waals surface area contributed by atoms with E-state index in [1.807, 2.05) is 38.1 Å². The molecule has 0 saturated carbocycles. The molecule has 1 aromatic carbocycles. The van der Waals surface area contributed by atoms with Crippen LogP contribution in [0.15, 0.2) is 35.6 Å². The Balaban J connectivity index is 1.95. The van der Waals surface area contributed by atoms with Gasteiger partial charge in [0.25, 0.3) is 5.88 Å². The van der Waals surface area contributed by atoms with Gasteiger partial charge < -0.3 is 19.7 Å². The summed E-state index contributed by atoms with van der Waals surface area (Å²) < 4.78 is 35.4. The lowest BCUT2D eigenvalue weighted by Gasteiger charge is -2.24. The van der Waals surface area contributed by atoms with Gasteiger partial charge in [-0.1, -0.05) is 32.0 Å². The Labute approximate surface area is 179 Å². The first-order valence-electron chi connectivity index (χ1n) is 10.3. The molecule has 3 rings (SSSR count). The van der Waals surface area contributed by atoms with Crippen LogP contribution < -0.4 is 15.1 Å². The fourth-order valence-electron chi connectivity index (χ4n) is 3.29. The van der Waals surface area contributed by atoms with E-state index in [2.05, 4.69) is 20.5 Å². The first-order chi connectivity index (χ1) is 15.1. The molecule has 3 aromatic rings. The molecule has 0 fully saturated rings. The number of para-hydroxylation sites is 1. The number of aromatic amines is 1. The van der Waals surface area contributed by atoms with E-state index in [1.54, 1.807) is 11.1 Å². The van der Waals surface area contributed by atoms with Crippen molar-refractivity contribution in [3.63, 3.8) is 0 Å². The SMILES string of the molecule is CCCN(CCC)c1nc(OCCO)c(F)c(N/N=C/c2c[nH]c3ccccc23)c1F. The topological polar surface area (TPSA) is 85.8 Å². The van der Waals surface area contributed by atoms with Crippen LogP contribution in [0.2, 0.25) is 0 Å². The monoisotopic (exact) mass is 431 g/mol. The molecular formula is C22H27F2N5O2. The summed E-state index contributed by atoms with van der Waals surface area (Å²) in [5, 5.41) is 14.0. The van der Waals surface area contributed by atoms with Crippen molar-refractivity contribution in [3.05, 3.63) is 47.7 Å². The third kappa shape index (κ3) is 5.11. The summed E-state index contributed by atoms with van der Waals surface area (Å²) in [6.07, 6.45) is 4.79. The van der Waals surface area contributed by atoms with E-state index >= 15 is 4.39 Å². The predicted molar refractivity (Wildman–Crippen MR) is 119 cm³/mol. The lowest BCUT2D eigenvalue weighted by molar-refractivity contribution is 0.191. The molecule has 0 unspecified atom stereocenters. The molecule has 0 amide bonds. The van der Waals surface area contributed by atoms with E-state index in [9.17, 15) is 4.39 Å². The van der Waals surface area contributed by atoms with Crippen LogP contribution in [0.1, 0.15) is 32.3 Å². The number of nitrogens with one attached hydrogen (secondary N) is 2. The summed E-state index contributed by atoms with van der Waals surface area (Å²) in [5.41, 5.74) is 3.73. The molecule has 31 heavy (non-hydrogen) atoms. The minimum atomic E-state index is -1.00. The minimum absolute atomic E-state index is 0.0113. The number of aliphatic hydroxyl groups excluding tert-OH is 1. The van der Waals surface area contributed by atoms with Crippen molar-refractivity contribution in [3.8, 4) is 5.88 Å². The number of hydrogen-bond acceptors (Lipinski definition) is 6. The highest BCUT2D eigenvalue weighted by atomic mass is 19.1. The maximum atomic E-state index is 15.3. The minimum Gasteiger partial charge on any atom is -0.473 e. The van der Waals surface area contributed by atoms with E-state index in [-0.39, 0.29) is 24.9 Å². The quantitative estimate of drug-likeness (QED) is 0.312. The zero-order valence-corrected chi connectivity index (χ0v) is 17.7. The highest BCUT2D eigenvalue weighted by molar-refractivity contribution is 5.99. The lowest BCUT2D eigenvalue weighted by Crippen LogP contribution is -2.28. The Kier molecular flexibility index (Phi) is 7.77. The Hall–Kier alpha value is -3.20. The lowest BCUT2D eigenvalue weighted by atomic mass is 10.2. The van der Waals surface area contributed by atoms with Gasteiger partial charge in [-0.25, -0.2) is 4.39 Å². The van der Waals surface area contributed by atoms with Gasteiger partial charge in [0.15, 0.2) is 11.6 Å². The summed E-state index contributed by atoms with van der Waals surface area (Å²) in [7, 11) is 0. The first-order valence-corrected chi connectivity index (χ1v) is 10.3. The van der Waals surface area contributed by atoms with E-state index in [0.717, 1.165) is 29.3 Å². The van der Waals surface area contributed by atoms with Crippen LogP contribution in [0.3, 0.4) is 0 Å². The van der Waals surface area contributed by atoms with Gasteiger partial charge in [-0.15, -0.1) is 0 Å². The number of hydrogen-bond donors (Lipinski definition) is 3. The van der Waals surface area contributed by atoms with E-state index < -0.39 is 17.3 Å². The molecule has 7 nitrogen and oxygen atoms in total. The molecule has 9 heteroatoms. The van der Waals surface area contributed by atoms with Crippen LogP contribution in [-0.4, -0.2) is 47.6 Å². The normalized spacial score (nSPS) is 11.4. The van der Waals surface area contributed by atoms with E-state index in [1.165, 1.54) is 6.21 Å². The molecule has 2 heterocycles. The number of benzene rings is 1. The number of nitrogens with zero attached hydrogens (tertiary/aromatic N) is 3. The summed E-state index contributed by atoms with van der Waals surface area (Å²) in [6.45, 7) is 4.58. The van der Waals surface area contributed by atoms with Crippen molar-refractivity contribution >= 4 is 28.6 Å². The van der Waals surface area contributed by atoms with Crippen molar-refractivity contribution in [1.29, 1.82) is 0 Å². The fraction of sp³-hybridized carbons (Fsp3) is 0.364. The fourth-order valence-corrected chi connectivity index (χ4v) is 3.29. The van der Waals surface area contributed by atoms with Crippen LogP contribution in [-0.2, 0) is 0 Å². The van der Waals surface area contributed by atoms with E-state index in [0.29, 0.717) is 13.1 Å². The van der Waals surface area contributed by atoms with Gasteiger partial charge in [0.05, 0.1) is 12.8 Å². The average Bonchev–Trinajstić information content (AvgIpc) is 3.18. The van der Waals surface area contributed by atoms with Gasteiger partial charge in [-0.3, -0.25) is 5.43 Å². The molecule has 2 aromatic heterocycles. The van der Waals surface area contributed by atoms with Gasteiger partial charge in [0.2, 0.25) is 5.82 Å². The van der Waals surface area contributed by atoms with Crippen LogP contribution in [0.5, 0.6) is 5.88 Å². The molecule has 0 aliphatic heterocycles. The van der Waals surface area contributed by atoms with E-state index in [4.69, 9.17) is 9.84 Å². The van der Waals surface area contributed by atoms with Crippen LogP contribution in [0.25, 0.3) is 10.9 Å². The molecule has 0 atom stereocenters. The molecule has 0 spiro atoms. The molecule has 3 N–H and O–H groups in total. The van der Waals surface area contributed by atoms with Crippen LogP contribution in [0, 0.1) is 11.6 Å². The average molecular weight is 431 g/mol. The summed E-state index contributed by atoms with van der Waals surface area (Å²) in [5.74, 6) is -2.24. The zero-order valence-electron chi connectivity index (χ0n) is 17.7. The smallest absolute Gasteiger partial charge is 0.254 e. The largest absolute Gasteiger partial charge is 0.473 e. The Morgan fingerprint density at radius 1 is 1.19 bits per heavy atom. The molecule has 0 saturated heterocycles. The third-order valence-corrected chi connectivity index (χ3v) is 4.65. The van der Waals surface area contributed by atoms with Gasteiger partial charge in [-0.2, -0.15) is 14.5 Å². The summed E-state index contributed by atoms with van der Waals surface area (Å²) in [6, 6.07) is 7.66. The molecular weight excluding hydrogens is 404 g/mol. The van der Waals surface area contributed by atoms with Crippen LogP contribution in [0.4, 0.5) is 20.3 Å². The van der Waals surface area contributed by atoms with Crippen molar-refractivity contribution in [2.45, 2.75) is 26.7 Å². The second kappa shape index (κ2) is 10.7. The number of ether oxygens (including phenoxy) is 1. The number of fused-ring (bicyclic) bond motifs is 1. The number of H-pyrrole nitrogens is 1. The van der Waals surface area contributed by atoms with Crippen molar-refractivity contribution in [2.24, 2.45) is 5.10 Å². The maximum Gasteiger partial charge on any atom is 0.254 e. The summed E-state index contributed by atoms with van der Waals surface area (Å²) in [4.78, 5) is 8.91. The van der Waals surface area contributed by atoms with Crippen LogP contribution >= 0.6 is 0 Å². The summed E-state index contributed by atoms with van der Waals surface area (Å²) >= 11 is 0. The Morgan fingerprint density at radius 3 is 2.65 bits per heavy atom. The molecule has 0 radical (unpaired) electrons. The number of aromatic nitrogens is 2. The van der Waals surface area contributed by atoms with Gasteiger partial charge in [-0.05, 0) is 18.9 Å². The molecule has 0 aliphatic carbocycles. The maximum absolute atomic E-state index is 15.3. The number of rotatable bonds is 11. The molecule has 0 bridgehead atoms. The zero-order chi connectivity index (χ0) is 22.2. The number of halogens is 2. The van der Waals surface area contributed by atoms with Crippen molar-refractivity contribution < 1.29 is 18.6 Å². The second-order valence-corrected chi connectivity index (χ2v) is 6.96. The Bertz CT molecular complexity index is 1030. The van der Waals surface area contributed by atoms with Gasteiger partial charge in [0.1, 0.15) is 12.3 Å². The predicted octanol–water partition coefficient (Wildman–Crippen LogP) is 4.28. The molecule has 0 aliphatic rings. The van der Waals surface area contributed by atoms with Gasteiger partial charge >= 0.3 is 0 Å². The number of aliphatic hydroxyl groups is 1. The van der Waals surface area contributed by atoms with Gasteiger partial charge in [0, 0.05) is 35.8 Å². The Morgan fingerprint density at radius 2 is 1.94 bits per heavy atom.